The van der Waals surface area contributed by atoms with Crippen LogP contribution in [0.5, 0.6) is 0 Å². The fourth-order valence-electron chi connectivity index (χ4n) is 1.95. The maximum atomic E-state index is 12.1. The number of hydrogen-bond acceptors (Lipinski definition) is 7. The molecule has 9 heteroatoms. The summed E-state index contributed by atoms with van der Waals surface area (Å²) in [4.78, 5) is 13.5. The van der Waals surface area contributed by atoms with E-state index in [1.54, 1.807) is 7.05 Å². The summed E-state index contributed by atoms with van der Waals surface area (Å²) in [6.45, 7) is 0. The van der Waals surface area contributed by atoms with Crippen LogP contribution in [0.2, 0.25) is 0 Å². The summed E-state index contributed by atoms with van der Waals surface area (Å²) in [6, 6.07) is 2.72. The minimum absolute atomic E-state index is 0.00507. The number of carbonyl (C=O) groups excluding carboxylic acids is 1. The van der Waals surface area contributed by atoms with Gasteiger partial charge in [0.2, 0.25) is 0 Å². The number of hydrazine groups is 1. The molecule has 0 aliphatic carbocycles. The summed E-state index contributed by atoms with van der Waals surface area (Å²) in [5, 5.41) is 7.45. The highest BCUT2D eigenvalue weighted by atomic mass is 32.2. The van der Waals surface area contributed by atoms with Crippen molar-refractivity contribution < 1.29 is 13.2 Å². The van der Waals surface area contributed by atoms with Crippen molar-refractivity contribution in [2.45, 2.75) is 12.5 Å². The van der Waals surface area contributed by atoms with Crippen molar-refractivity contribution in [3.63, 3.8) is 0 Å². The number of carbonyl (C=O) groups is 1. The first-order chi connectivity index (χ1) is 8.93. The van der Waals surface area contributed by atoms with E-state index in [1.807, 2.05) is 0 Å². The smallest absolute Gasteiger partial charge is 0.274 e. The quantitative estimate of drug-likeness (QED) is 0.541. The highest BCUT2D eigenvalue weighted by Crippen LogP contribution is 2.18. The van der Waals surface area contributed by atoms with E-state index in [-0.39, 0.29) is 29.1 Å². The molecule has 0 radical (unpaired) electrons. The molecule has 1 aliphatic rings. The Bertz CT molecular complexity index is 571. The number of rotatable bonds is 3. The standard InChI is InChI=1S/C10H15N5O3S/c1-15(7-4-5-19(17,18)6-7)10(16)8-2-3-9(12-11)14-13-8/h2-3,7H,4-6,11H2,1H3,(H,12,14). The second-order valence-electron chi connectivity index (χ2n) is 4.42. The lowest BCUT2D eigenvalue weighted by Gasteiger charge is -2.22. The highest BCUT2D eigenvalue weighted by Gasteiger charge is 2.33. The zero-order chi connectivity index (χ0) is 14.0. The van der Waals surface area contributed by atoms with Gasteiger partial charge in [-0.1, -0.05) is 0 Å². The molecule has 3 N–H and O–H groups in total. The van der Waals surface area contributed by atoms with Gasteiger partial charge in [-0.15, -0.1) is 10.2 Å². The first kappa shape index (κ1) is 13.7. The Morgan fingerprint density at radius 2 is 2.21 bits per heavy atom. The van der Waals surface area contributed by atoms with Crippen LogP contribution in [0.15, 0.2) is 12.1 Å². The molecule has 1 saturated heterocycles. The maximum Gasteiger partial charge on any atom is 0.274 e. The molecule has 8 nitrogen and oxygen atoms in total. The minimum Gasteiger partial charge on any atom is -0.336 e. The van der Waals surface area contributed by atoms with Gasteiger partial charge in [-0.2, -0.15) is 0 Å². The number of hydrogen-bond donors (Lipinski definition) is 2. The van der Waals surface area contributed by atoms with Crippen molar-refractivity contribution >= 4 is 21.6 Å². The number of aromatic nitrogens is 2. The first-order valence-corrected chi connectivity index (χ1v) is 7.53. The van der Waals surface area contributed by atoms with Crippen LogP contribution >= 0.6 is 0 Å². The molecule has 1 aliphatic heterocycles. The van der Waals surface area contributed by atoms with Crippen LogP contribution in [-0.2, 0) is 9.84 Å². The van der Waals surface area contributed by atoms with E-state index >= 15 is 0 Å². The molecule has 1 unspecified atom stereocenters. The van der Waals surface area contributed by atoms with Crippen LogP contribution < -0.4 is 11.3 Å². The molecular weight excluding hydrogens is 270 g/mol. The fraction of sp³-hybridized carbons (Fsp3) is 0.500. The Hall–Kier alpha value is -1.74. The Balaban J connectivity index is 2.10. The summed E-state index contributed by atoms with van der Waals surface area (Å²) < 4.78 is 22.8. The molecule has 0 spiro atoms. The molecule has 1 atom stereocenters. The summed E-state index contributed by atoms with van der Waals surface area (Å²) in [6.07, 6.45) is 0.459. The molecule has 2 rings (SSSR count). The molecular formula is C10H15N5O3S. The van der Waals surface area contributed by atoms with Gasteiger partial charge in [0, 0.05) is 13.1 Å². The average Bonchev–Trinajstić information content (AvgIpc) is 2.77. The average molecular weight is 285 g/mol. The number of amides is 1. The van der Waals surface area contributed by atoms with Crippen LogP contribution in [0.3, 0.4) is 0 Å². The summed E-state index contributed by atoms with van der Waals surface area (Å²) in [5.41, 5.74) is 2.47. The summed E-state index contributed by atoms with van der Waals surface area (Å²) in [7, 11) is -1.45. The Morgan fingerprint density at radius 1 is 1.47 bits per heavy atom. The van der Waals surface area contributed by atoms with Crippen LogP contribution in [0, 0.1) is 0 Å². The minimum atomic E-state index is -3.02. The highest BCUT2D eigenvalue weighted by molar-refractivity contribution is 7.91. The predicted octanol–water partition coefficient (Wildman–Crippen LogP) is -0.979. The van der Waals surface area contributed by atoms with Crippen molar-refractivity contribution in [1.82, 2.24) is 15.1 Å². The van der Waals surface area contributed by atoms with Gasteiger partial charge in [0.25, 0.3) is 5.91 Å². The van der Waals surface area contributed by atoms with Crippen molar-refractivity contribution in [2.24, 2.45) is 5.84 Å². The van der Waals surface area contributed by atoms with Crippen molar-refractivity contribution in [2.75, 3.05) is 24.0 Å². The SMILES string of the molecule is CN(C(=O)c1ccc(NN)nn1)C1CCS(=O)(=O)C1. The van der Waals surface area contributed by atoms with Gasteiger partial charge in [0.05, 0.1) is 11.5 Å². The Morgan fingerprint density at radius 3 is 2.68 bits per heavy atom. The Kier molecular flexibility index (Phi) is 3.67. The second-order valence-corrected chi connectivity index (χ2v) is 6.65. The molecule has 1 aromatic rings. The van der Waals surface area contributed by atoms with E-state index in [4.69, 9.17) is 5.84 Å². The van der Waals surface area contributed by atoms with Crippen molar-refractivity contribution in [3.8, 4) is 0 Å². The van der Waals surface area contributed by atoms with E-state index < -0.39 is 9.84 Å². The van der Waals surface area contributed by atoms with Crippen molar-refractivity contribution in [1.29, 1.82) is 0 Å². The number of nitrogens with zero attached hydrogens (tertiary/aromatic N) is 3. The molecule has 0 aromatic carbocycles. The predicted molar refractivity (Wildman–Crippen MR) is 69.0 cm³/mol. The van der Waals surface area contributed by atoms with E-state index in [0.717, 1.165) is 0 Å². The normalized spacial score (nSPS) is 21.1. The van der Waals surface area contributed by atoms with Gasteiger partial charge >= 0.3 is 0 Å². The first-order valence-electron chi connectivity index (χ1n) is 5.71. The van der Waals surface area contributed by atoms with E-state index in [2.05, 4.69) is 15.6 Å². The third-order valence-electron chi connectivity index (χ3n) is 3.11. The van der Waals surface area contributed by atoms with Gasteiger partial charge in [0.1, 0.15) is 0 Å². The van der Waals surface area contributed by atoms with Gasteiger partial charge in [-0.25, -0.2) is 14.3 Å². The van der Waals surface area contributed by atoms with Crippen LogP contribution in [0.25, 0.3) is 0 Å². The maximum absolute atomic E-state index is 12.1. The van der Waals surface area contributed by atoms with Gasteiger partial charge in [0.15, 0.2) is 21.3 Å². The largest absolute Gasteiger partial charge is 0.336 e. The van der Waals surface area contributed by atoms with Gasteiger partial charge in [-0.3, -0.25) is 4.79 Å². The molecule has 0 saturated carbocycles. The Labute approximate surface area is 110 Å². The number of nitrogen functional groups attached to an aromatic ring is 1. The topological polar surface area (TPSA) is 118 Å². The lowest BCUT2D eigenvalue weighted by atomic mass is 10.2. The number of sulfone groups is 1. The molecule has 0 bridgehead atoms. The zero-order valence-electron chi connectivity index (χ0n) is 10.4. The number of nitrogens with one attached hydrogen (secondary N) is 1. The van der Waals surface area contributed by atoms with Crippen LogP contribution in [0.4, 0.5) is 5.82 Å². The third-order valence-corrected chi connectivity index (χ3v) is 4.86. The molecule has 1 aromatic heterocycles. The van der Waals surface area contributed by atoms with E-state index in [9.17, 15) is 13.2 Å². The molecule has 2 heterocycles. The molecule has 1 fully saturated rings. The second kappa shape index (κ2) is 5.10. The summed E-state index contributed by atoms with van der Waals surface area (Å²) >= 11 is 0. The number of nitrogens with two attached hydrogens (primary N) is 1. The molecule has 104 valence electrons. The lowest BCUT2D eigenvalue weighted by molar-refractivity contribution is 0.0740. The van der Waals surface area contributed by atoms with E-state index in [1.165, 1.54) is 17.0 Å². The van der Waals surface area contributed by atoms with Gasteiger partial charge in [-0.05, 0) is 18.6 Å². The van der Waals surface area contributed by atoms with E-state index in [0.29, 0.717) is 12.2 Å². The lowest BCUT2D eigenvalue weighted by Crippen LogP contribution is -2.38. The summed E-state index contributed by atoms with van der Waals surface area (Å²) in [5.74, 6) is 5.28. The van der Waals surface area contributed by atoms with Crippen LogP contribution in [-0.4, -0.2) is 54.0 Å². The molecule has 19 heavy (non-hydrogen) atoms. The van der Waals surface area contributed by atoms with Crippen molar-refractivity contribution in [3.05, 3.63) is 17.8 Å². The van der Waals surface area contributed by atoms with Gasteiger partial charge < -0.3 is 10.3 Å². The monoisotopic (exact) mass is 285 g/mol. The zero-order valence-corrected chi connectivity index (χ0v) is 11.2. The third kappa shape index (κ3) is 2.99. The number of anilines is 1. The fourth-order valence-corrected chi connectivity index (χ4v) is 3.73. The molecule has 1 amide bonds. The van der Waals surface area contributed by atoms with Crippen LogP contribution in [0.1, 0.15) is 16.9 Å².